The first-order valence-corrected chi connectivity index (χ1v) is 6.89. The minimum Gasteiger partial charge on any atom is -0.455 e. The molecule has 0 spiro atoms. The van der Waals surface area contributed by atoms with Gasteiger partial charge in [-0.05, 0) is 62.7 Å². The van der Waals surface area contributed by atoms with E-state index in [0.29, 0.717) is 11.5 Å². The average molecular weight is 234 g/mol. The largest absolute Gasteiger partial charge is 0.455 e. The zero-order chi connectivity index (χ0) is 12.2. The van der Waals surface area contributed by atoms with E-state index in [-0.39, 0.29) is 11.6 Å². The van der Waals surface area contributed by atoms with Gasteiger partial charge in [-0.15, -0.1) is 0 Å². The minimum absolute atomic E-state index is 0.148. The summed E-state index contributed by atoms with van der Waals surface area (Å²) in [6.07, 6.45) is 6.30. The summed E-state index contributed by atoms with van der Waals surface area (Å²) in [5.41, 5.74) is 0.387. The Kier molecular flexibility index (Phi) is 2.39. The van der Waals surface area contributed by atoms with E-state index in [1.165, 1.54) is 19.3 Å². The van der Waals surface area contributed by atoms with E-state index in [0.717, 1.165) is 30.6 Å². The number of rotatable bonds is 2. The molecule has 4 bridgehead atoms. The quantitative estimate of drug-likeness (QED) is 0.541. The van der Waals surface area contributed by atoms with Crippen molar-refractivity contribution >= 4 is 5.97 Å². The molecular weight excluding hydrogens is 212 g/mol. The maximum absolute atomic E-state index is 11.9. The third-order valence-electron chi connectivity index (χ3n) is 5.39. The van der Waals surface area contributed by atoms with Gasteiger partial charge in [0.2, 0.25) is 0 Å². The van der Waals surface area contributed by atoms with Crippen molar-refractivity contribution in [2.75, 3.05) is 0 Å². The van der Waals surface area contributed by atoms with Gasteiger partial charge in [-0.2, -0.15) is 0 Å². The zero-order valence-corrected chi connectivity index (χ0v) is 10.9. The topological polar surface area (TPSA) is 26.3 Å². The molecule has 0 saturated heterocycles. The molecule has 0 aromatic carbocycles. The number of ether oxygens (including phenoxy) is 1. The van der Waals surface area contributed by atoms with E-state index in [9.17, 15) is 4.79 Å². The number of hydrogen-bond donors (Lipinski definition) is 0. The van der Waals surface area contributed by atoms with Crippen LogP contribution in [0.25, 0.3) is 0 Å². The molecule has 3 unspecified atom stereocenters. The van der Waals surface area contributed by atoms with Gasteiger partial charge in [0.25, 0.3) is 0 Å². The third kappa shape index (κ3) is 1.64. The molecule has 4 aliphatic rings. The summed E-state index contributed by atoms with van der Waals surface area (Å²) < 4.78 is 5.89. The SMILES string of the molecule is C=C(C)C(=O)OC12CC3CC(CC(C3)C1C)C2. The maximum atomic E-state index is 11.9. The van der Waals surface area contributed by atoms with Crippen LogP contribution in [0.15, 0.2) is 12.2 Å². The summed E-state index contributed by atoms with van der Waals surface area (Å²) in [4.78, 5) is 11.9. The average Bonchev–Trinajstić information content (AvgIpc) is 2.24. The summed E-state index contributed by atoms with van der Waals surface area (Å²) in [5, 5.41) is 0. The molecule has 0 radical (unpaired) electrons. The van der Waals surface area contributed by atoms with Crippen LogP contribution in [0.2, 0.25) is 0 Å². The predicted octanol–water partition coefficient (Wildman–Crippen LogP) is 3.32. The summed E-state index contributed by atoms with van der Waals surface area (Å²) in [5.74, 6) is 2.76. The fourth-order valence-electron chi connectivity index (χ4n) is 4.67. The molecule has 0 aliphatic heterocycles. The van der Waals surface area contributed by atoms with Gasteiger partial charge < -0.3 is 4.74 Å². The molecule has 0 aromatic rings. The van der Waals surface area contributed by atoms with Crippen LogP contribution in [-0.4, -0.2) is 11.6 Å². The zero-order valence-electron chi connectivity index (χ0n) is 10.9. The van der Waals surface area contributed by atoms with Gasteiger partial charge in [0.15, 0.2) is 0 Å². The van der Waals surface area contributed by atoms with Crippen LogP contribution in [0.1, 0.15) is 46.0 Å². The van der Waals surface area contributed by atoms with Gasteiger partial charge >= 0.3 is 5.97 Å². The summed E-state index contributed by atoms with van der Waals surface area (Å²) in [6, 6.07) is 0. The summed E-state index contributed by atoms with van der Waals surface area (Å²) in [7, 11) is 0. The first-order chi connectivity index (χ1) is 8.00. The van der Waals surface area contributed by atoms with E-state index in [1.54, 1.807) is 6.92 Å². The lowest BCUT2D eigenvalue weighted by atomic mass is 9.50. The van der Waals surface area contributed by atoms with Gasteiger partial charge in [0.05, 0.1) is 0 Å². The van der Waals surface area contributed by atoms with Gasteiger partial charge in [-0.1, -0.05) is 13.5 Å². The van der Waals surface area contributed by atoms with Crippen LogP contribution < -0.4 is 0 Å². The monoisotopic (exact) mass is 234 g/mol. The number of esters is 1. The summed E-state index contributed by atoms with van der Waals surface area (Å²) in [6.45, 7) is 7.73. The van der Waals surface area contributed by atoms with Crippen molar-refractivity contribution in [3.05, 3.63) is 12.2 Å². The van der Waals surface area contributed by atoms with E-state index in [2.05, 4.69) is 13.5 Å². The molecule has 3 atom stereocenters. The van der Waals surface area contributed by atoms with Crippen LogP contribution in [0.5, 0.6) is 0 Å². The Hall–Kier alpha value is -0.790. The van der Waals surface area contributed by atoms with Crippen LogP contribution in [-0.2, 0) is 9.53 Å². The van der Waals surface area contributed by atoms with Crippen LogP contribution in [0.4, 0.5) is 0 Å². The highest BCUT2D eigenvalue weighted by Gasteiger charge is 2.57. The molecule has 0 amide bonds. The molecule has 0 N–H and O–H groups in total. The lowest BCUT2D eigenvalue weighted by molar-refractivity contribution is -0.201. The lowest BCUT2D eigenvalue weighted by Crippen LogP contribution is -2.58. The molecule has 4 rings (SSSR count). The Labute approximate surface area is 103 Å². The highest BCUT2D eigenvalue weighted by atomic mass is 16.6. The van der Waals surface area contributed by atoms with Crippen molar-refractivity contribution in [3.63, 3.8) is 0 Å². The van der Waals surface area contributed by atoms with Crippen molar-refractivity contribution in [2.45, 2.75) is 51.6 Å². The molecule has 0 aromatic heterocycles. The second kappa shape index (κ2) is 3.60. The molecule has 94 valence electrons. The van der Waals surface area contributed by atoms with Crippen LogP contribution in [0.3, 0.4) is 0 Å². The molecule has 17 heavy (non-hydrogen) atoms. The molecule has 2 heteroatoms. The van der Waals surface area contributed by atoms with Crippen molar-refractivity contribution in [3.8, 4) is 0 Å². The third-order valence-corrected chi connectivity index (χ3v) is 5.39. The van der Waals surface area contributed by atoms with Crippen molar-refractivity contribution in [1.82, 2.24) is 0 Å². The van der Waals surface area contributed by atoms with E-state index in [4.69, 9.17) is 4.74 Å². The highest BCUT2D eigenvalue weighted by molar-refractivity contribution is 5.87. The number of carbonyl (C=O) groups excluding carboxylic acids is 1. The van der Waals surface area contributed by atoms with Gasteiger partial charge in [-0.3, -0.25) is 0 Å². The Morgan fingerprint density at radius 1 is 1.24 bits per heavy atom. The normalized spacial score (nSPS) is 46.9. The predicted molar refractivity (Wildman–Crippen MR) is 66.4 cm³/mol. The molecular formula is C15H22O2. The van der Waals surface area contributed by atoms with Gasteiger partial charge in [0.1, 0.15) is 5.60 Å². The van der Waals surface area contributed by atoms with E-state index >= 15 is 0 Å². The minimum atomic E-state index is -0.182. The smallest absolute Gasteiger partial charge is 0.333 e. The summed E-state index contributed by atoms with van der Waals surface area (Å²) >= 11 is 0. The van der Waals surface area contributed by atoms with E-state index < -0.39 is 0 Å². The van der Waals surface area contributed by atoms with Crippen LogP contribution in [0, 0.1) is 23.7 Å². The standard InChI is InChI=1S/C15H22O2/c1-9(2)14(16)17-15-7-11-4-12(8-15)6-13(5-11)10(15)3/h10-13H,1,4-8H2,2-3H3. The van der Waals surface area contributed by atoms with Gasteiger partial charge in [0, 0.05) is 5.57 Å². The highest BCUT2D eigenvalue weighted by Crippen LogP contribution is 2.59. The fourth-order valence-corrected chi connectivity index (χ4v) is 4.67. The first kappa shape index (κ1) is 11.3. The molecule has 4 fully saturated rings. The molecule has 2 nitrogen and oxygen atoms in total. The van der Waals surface area contributed by atoms with Crippen molar-refractivity contribution in [1.29, 1.82) is 0 Å². The lowest BCUT2D eigenvalue weighted by Gasteiger charge is -2.59. The van der Waals surface area contributed by atoms with Crippen molar-refractivity contribution in [2.24, 2.45) is 23.7 Å². The number of hydrogen-bond acceptors (Lipinski definition) is 2. The fraction of sp³-hybridized carbons (Fsp3) is 0.800. The second-order valence-corrected chi connectivity index (χ2v) is 6.63. The number of carbonyl (C=O) groups is 1. The Morgan fingerprint density at radius 3 is 2.35 bits per heavy atom. The molecule has 0 heterocycles. The molecule has 4 aliphatic carbocycles. The Balaban J connectivity index is 1.85. The second-order valence-electron chi connectivity index (χ2n) is 6.63. The van der Waals surface area contributed by atoms with E-state index in [1.807, 2.05) is 0 Å². The maximum Gasteiger partial charge on any atom is 0.333 e. The Morgan fingerprint density at radius 2 is 1.82 bits per heavy atom. The van der Waals surface area contributed by atoms with Crippen LogP contribution >= 0.6 is 0 Å². The Bertz CT molecular complexity index is 357. The van der Waals surface area contributed by atoms with Crippen molar-refractivity contribution < 1.29 is 9.53 Å². The molecule has 4 saturated carbocycles. The van der Waals surface area contributed by atoms with Gasteiger partial charge in [-0.25, -0.2) is 4.79 Å². The first-order valence-electron chi connectivity index (χ1n) is 6.89.